The second-order valence-electron chi connectivity index (χ2n) is 6.83. The van der Waals surface area contributed by atoms with E-state index in [4.69, 9.17) is 4.74 Å². The summed E-state index contributed by atoms with van der Waals surface area (Å²) in [4.78, 5) is 15.9. The van der Waals surface area contributed by atoms with Crippen LogP contribution in [0, 0.1) is 17.8 Å². The van der Waals surface area contributed by atoms with Crippen molar-refractivity contribution in [1.82, 2.24) is 14.9 Å². The zero-order valence-electron chi connectivity index (χ0n) is 14.0. The third-order valence-electron chi connectivity index (χ3n) is 4.64. The predicted molar refractivity (Wildman–Crippen MR) is 86.3 cm³/mol. The van der Waals surface area contributed by atoms with Crippen LogP contribution in [0.2, 0.25) is 0 Å². The number of imidazole rings is 1. The first-order valence-electron chi connectivity index (χ1n) is 8.40. The maximum absolute atomic E-state index is 11.9. The molecule has 1 fully saturated rings. The van der Waals surface area contributed by atoms with Gasteiger partial charge in [0.2, 0.25) is 5.91 Å². The van der Waals surface area contributed by atoms with Gasteiger partial charge in [-0.05, 0) is 30.6 Å². The van der Waals surface area contributed by atoms with Gasteiger partial charge in [0.25, 0.3) is 0 Å². The molecule has 5 nitrogen and oxygen atoms in total. The third kappa shape index (κ3) is 5.13. The van der Waals surface area contributed by atoms with Crippen LogP contribution in [-0.4, -0.2) is 34.7 Å². The van der Waals surface area contributed by atoms with Crippen LogP contribution in [0.5, 0.6) is 0 Å². The minimum atomic E-state index is -0.0270. The molecule has 0 saturated heterocycles. The van der Waals surface area contributed by atoms with Gasteiger partial charge >= 0.3 is 0 Å². The summed E-state index contributed by atoms with van der Waals surface area (Å²) in [6.07, 6.45) is 9.17. The average Bonchev–Trinajstić information content (AvgIpc) is 2.98. The van der Waals surface area contributed by atoms with E-state index in [0.717, 1.165) is 13.0 Å². The van der Waals surface area contributed by atoms with Crippen molar-refractivity contribution < 1.29 is 9.53 Å². The Balaban J connectivity index is 1.69. The molecule has 3 unspecified atom stereocenters. The van der Waals surface area contributed by atoms with E-state index < -0.39 is 0 Å². The van der Waals surface area contributed by atoms with Gasteiger partial charge < -0.3 is 14.6 Å². The molecule has 3 atom stereocenters. The van der Waals surface area contributed by atoms with Crippen LogP contribution in [0.3, 0.4) is 0 Å². The molecule has 1 aromatic heterocycles. The quantitative estimate of drug-likeness (QED) is 0.842. The highest BCUT2D eigenvalue weighted by Crippen LogP contribution is 2.35. The molecule has 0 bridgehead atoms. The Morgan fingerprint density at radius 3 is 2.95 bits per heavy atom. The normalized spacial score (nSPS) is 25.4. The summed E-state index contributed by atoms with van der Waals surface area (Å²) in [7, 11) is 0. The van der Waals surface area contributed by atoms with Gasteiger partial charge in [-0.15, -0.1) is 0 Å². The van der Waals surface area contributed by atoms with Crippen molar-refractivity contribution in [2.75, 3.05) is 13.2 Å². The lowest BCUT2D eigenvalue weighted by Gasteiger charge is -2.37. The van der Waals surface area contributed by atoms with E-state index in [1.165, 1.54) is 12.8 Å². The molecule has 1 aliphatic rings. The van der Waals surface area contributed by atoms with Crippen molar-refractivity contribution in [2.24, 2.45) is 17.8 Å². The number of aromatic nitrogens is 2. The predicted octanol–water partition coefficient (Wildman–Crippen LogP) is 2.48. The standard InChI is InChI=1S/C17H29N3O2/c1-13(2)15-5-4-14(3)10-16(15)22-11-17(21)19-7-9-20-8-6-18-12-20/h6,8,12-16H,4-5,7,9-11H2,1-3H3,(H,19,21). The fourth-order valence-electron chi connectivity index (χ4n) is 3.28. The molecule has 1 saturated carbocycles. The number of hydrogen-bond donors (Lipinski definition) is 1. The first kappa shape index (κ1) is 17.0. The van der Waals surface area contributed by atoms with Crippen molar-refractivity contribution in [3.8, 4) is 0 Å². The van der Waals surface area contributed by atoms with Gasteiger partial charge in [0.05, 0.1) is 12.4 Å². The first-order valence-corrected chi connectivity index (χ1v) is 8.40. The minimum Gasteiger partial charge on any atom is -0.368 e. The summed E-state index contributed by atoms with van der Waals surface area (Å²) in [5.41, 5.74) is 0. The van der Waals surface area contributed by atoms with E-state index in [-0.39, 0.29) is 18.6 Å². The fraction of sp³-hybridized carbons (Fsp3) is 0.765. The topological polar surface area (TPSA) is 56.1 Å². The summed E-state index contributed by atoms with van der Waals surface area (Å²) in [5, 5.41) is 2.90. The van der Waals surface area contributed by atoms with E-state index in [2.05, 4.69) is 31.1 Å². The summed E-state index contributed by atoms with van der Waals surface area (Å²) in [6.45, 7) is 8.29. The van der Waals surface area contributed by atoms with Gasteiger partial charge in [-0.2, -0.15) is 0 Å². The van der Waals surface area contributed by atoms with Gasteiger partial charge in [0.15, 0.2) is 0 Å². The van der Waals surface area contributed by atoms with Crippen LogP contribution in [-0.2, 0) is 16.1 Å². The monoisotopic (exact) mass is 307 g/mol. The molecule has 0 aromatic carbocycles. The van der Waals surface area contributed by atoms with Gasteiger partial charge in [-0.3, -0.25) is 4.79 Å². The Morgan fingerprint density at radius 1 is 1.45 bits per heavy atom. The Morgan fingerprint density at radius 2 is 2.27 bits per heavy atom. The Kier molecular flexibility index (Phi) is 6.43. The molecule has 124 valence electrons. The summed E-state index contributed by atoms with van der Waals surface area (Å²) >= 11 is 0. The van der Waals surface area contributed by atoms with Crippen LogP contribution >= 0.6 is 0 Å². The summed E-state index contributed by atoms with van der Waals surface area (Å²) in [5.74, 6) is 1.86. The van der Waals surface area contributed by atoms with Gasteiger partial charge in [-0.1, -0.05) is 27.2 Å². The van der Waals surface area contributed by atoms with E-state index in [1.807, 2.05) is 10.8 Å². The highest BCUT2D eigenvalue weighted by Gasteiger charge is 2.31. The first-order chi connectivity index (χ1) is 10.6. The molecule has 5 heteroatoms. The smallest absolute Gasteiger partial charge is 0.246 e. The number of nitrogens with one attached hydrogen (secondary N) is 1. The molecule has 0 spiro atoms. The van der Waals surface area contributed by atoms with Crippen LogP contribution < -0.4 is 5.32 Å². The van der Waals surface area contributed by atoms with Crippen LogP contribution in [0.25, 0.3) is 0 Å². The molecule has 1 amide bonds. The lowest BCUT2D eigenvalue weighted by molar-refractivity contribution is -0.131. The van der Waals surface area contributed by atoms with Gasteiger partial charge in [-0.25, -0.2) is 4.98 Å². The number of ether oxygens (including phenoxy) is 1. The number of carbonyl (C=O) groups excluding carboxylic acids is 1. The average molecular weight is 307 g/mol. The molecule has 1 N–H and O–H groups in total. The van der Waals surface area contributed by atoms with Crippen molar-refractivity contribution in [3.63, 3.8) is 0 Å². The zero-order valence-corrected chi connectivity index (χ0v) is 14.0. The molecule has 1 aromatic rings. The lowest BCUT2D eigenvalue weighted by atomic mass is 9.75. The highest BCUT2D eigenvalue weighted by molar-refractivity contribution is 5.77. The molecule has 1 aliphatic carbocycles. The van der Waals surface area contributed by atoms with E-state index in [9.17, 15) is 4.79 Å². The van der Waals surface area contributed by atoms with Crippen LogP contribution in [0.15, 0.2) is 18.7 Å². The Bertz CT molecular complexity index is 445. The fourth-order valence-corrected chi connectivity index (χ4v) is 3.28. The van der Waals surface area contributed by atoms with Crippen molar-refractivity contribution in [3.05, 3.63) is 18.7 Å². The molecular weight excluding hydrogens is 278 g/mol. The number of hydrogen-bond acceptors (Lipinski definition) is 3. The Hall–Kier alpha value is -1.36. The van der Waals surface area contributed by atoms with Crippen molar-refractivity contribution in [2.45, 2.75) is 52.7 Å². The maximum atomic E-state index is 11.9. The molecule has 1 heterocycles. The third-order valence-corrected chi connectivity index (χ3v) is 4.64. The van der Waals surface area contributed by atoms with E-state index >= 15 is 0 Å². The molecular formula is C17H29N3O2. The SMILES string of the molecule is CC1CCC(C(C)C)C(OCC(=O)NCCn2ccnc2)C1. The summed E-state index contributed by atoms with van der Waals surface area (Å²) < 4.78 is 7.89. The molecule has 0 aliphatic heterocycles. The second kappa shape index (κ2) is 8.32. The number of carbonyl (C=O) groups is 1. The summed E-state index contributed by atoms with van der Waals surface area (Å²) in [6, 6.07) is 0. The van der Waals surface area contributed by atoms with Crippen LogP contribution in [0.4, 0.5) is 0 Å². The van der Waals surface area contributed by atoms with Crippen LogP contribution in [0.1, 0.15) is 40.0 Å². The molecule has 22 heavy (non-hydrogen) atoms. The zero-order chi connectivity index (χ0) is 15.9. The van der Waals surface area contributed by atoms with E-state index in [0.29, 0.717) is 24.3 Å². The Labute approximate surface area is 133 Å². The lowest BCUT2D eigenvalue weighted by Crippen LogP contribution is -2.38. The number of amides is 1. The van der Waals surface area contributed by atoms with Gasteiger partial charge in [0, 0.05) is 25.5 Å². The molecule has 2 rings (SSSR count). The van der Waals surface area contributed by atoms with Crippen molar-refractivity contribution >= 4 is 5.91 Å². The van der Waals surface area contributed by atoms with E-state index in [1.54, 1.807) is 12.5 Å². The maximum Gasteiger partial charge on any atom is 0.246 e. The van der Waals surface area contributed by atoms with Crippen molar-refractivity contribution in [1.29, 1.82) is 0 Å². The largest absolute Gasteiger partial charge is 0.368 e. The number of rotatable bonds is 7. The highest BCUT2D eigenvalue weighted by atomic mass is 16.5. The number of nitrogens with zero attached hydrogens (tertiary/aromatic N) is 2. The molecule has 0 radical (unpaired) electrons. The minimum absolute atomic E-state index is 0.0270. The van der Waals surface area contributed by atoms with Gasteiger partial charge in [0.1, 0.15) is 6.61 Å². The second-order valence-corrected chi connectivity index (χ2v) is 6.83.